The summed E-state index contributed by atoms with van der Waals surface area (Å²) in [6, 6.07) is 3.59. The molecule has 0 atom stereocenters. The second-order valence-electron chi connectivity index (χ2n) is 4.36. The van der Waals surface area contributed by atoms with Crippen molar-refractivity contribution < 1.29 is 14.2 Å². The summed E-state index contributed by atoms with van der Waals surface area (Å²) in [5.41, 5.74) is 2.05. The maximum atomic E-state index is 5.33. The molecule has 0 fully saturated rings. The lowest BCUT2D eigenvalue weighted by Gasteiger charge is -2.14. The highest BCUT2D eigenvalue weighted by Gasteiger charge is 2.14. The summed E-state index contributed by atoms with van der Waals surface area (Å²) in [4.78, 5) is 15.4. The third-order valence-corrected chi connectivity index (χ3v) is 3.15. The first-order valence-electron chi connectivity index (χ1n) is 6.48. The number of H-pyrrole nitrogens is 1. The molecule has 0 aliphatic heterocycles. The van der Waals surface area contributed by atoms with Crippen molar-refractivity contribution in [3.8, 4) is 17.2 Å². The molecule has 0 saturated heterocycles. The molecule has 0 saturated carbocycles. The zero-order valence-electron chi connectivity index (χ0n) is 12.4. The molecule has 8 heteroatoms. The predicted molar refractivity (Wildman–Crippen MR) is 81.1 cm³/mol. The highest BCUT2D eigenvalue weighted by atomic mass is 16.5. The van der Waals surface area contributed by atoms with Crippen LogP contribution >= 0.6 is 0 Å². The van der Waals surface area contributed by atoms with E-state index in [2.05, 4.69) is 25.3 Å². The molecule has 0 bridgehead atoms. The van der Waals surface area contributed by atoms with Crippen LogP contribution in [0, 0.1) is 0 Å². The van der Waals surface area contributed by atoms with Gasteiger partial charge >= 0.3 is 0 Å². The van der Waals surface area contributed by atoms with Gasteiger partial charge in [0.15, 0.2) is 23.0 Å². The SMILES string of the molecule is COc1cc(Nc2ncnc3nc[nH]c23)cc(OC)c1OC. The molecule has 0 aliphatic rings. The molecular weight excluding hydrogens is 286 g/mol. The number of hydrogen-bond acceptors (Lipinski definition) is 7. The Labute approximate surface area is 126 Å². The molecule has 0 radical (unpaired) electrons. The van der Waals surface area contributed by atoms with Crippen LogP contribution in [0.25, 0.3) is 11.2 Å². The lowest BCUT2D eigenvalue weighted by atomic mass is 10.2. The van der Waals surface area contributed by atoms with Crippen molar-refractivity contribution >= 4 is 22.7 Å². The minimum absolute atomic E-state index is 0.532. The Morgan fingerprint density at radius 2 is 1.68 bits per heavy atom. The van der Waals surface area contributed by atoms with Crippen molar-refractivity contribution in [2.45, 2.75) is 0 Å². The van der Waals surface area contributed by atoms with Gasteiger partial charge in [0.2, 0.25) is 5.75 Å². The van der Waals surface area contributed by atoms with Crippen LogP contribution in [0.4, 0.5) is 11.5 Å². The van der Waals surface area contributed by atoms with E-state index in [0.29, 0.717) is 28.7 Å². The molecule has 0 amide bonds. The van der Waals surface area contributed by atoms with Crippen molar-refractivity contribution in [1.82, 2.24) is 19.9 Å². The van der Waals surface area contributed by atoms with Gasteiger partial charge in [-0.3, -0.25) is 0 Å². The summed E-state index contributed by atoms with van der Waals surface area (Å²) in [7, 11) is 4.70. The number of fused-ring (bicyclic) bond motifs is 1. The van der Waals surface area contributed by atoms with Crippen molar-refractivity contribution in [1.29, 1.82) is 0 Å². The third-order valence-electron chi connectivity index (χ3n) is 3.15. The van der Waals surface area contributed by atoms with Crippen LogP contribution in [0.5, 0.6) is 17.2 Å². The molecule has 0 spiro atoms. The Morgan fingerprint density at radius 1 is 0.955 bits per heavy atom. The van der Waals surface area contributed by atoms with Crippen LogP contribution in [0.3, 0.4) is 0 Å². The zero-order chi connectivity index (χ0) is 15.5. The van der Waals surface area contributed by atoms with Gasteiger partial charge in [-0.2, -0.15) is 0 Å². The largest absolute Gasteiger partial charge is 0.493 e. The Morgan fingerprint density at radius 3 is 2.32 bits per heavy atom. The summed E-state index contributed by atoms with van der Waals surface area (Å²) in [5, 5.41) is 3.20. The van der Waals surface area contributed by atoms with Gasteiger partial charge in [-0.1, -0.05) is 0 Å². The molecule has 0 unspecified atom stereocenters. The molecule has 2 heterocycles. The van der Waals surface area contributed by atoms with E-state index in [1.54, 1.807) is 39.8 Å². The molecule has 3 aromatic rings. The molecule has 1 aromatic carbocycles. The number of imidazole rings is 1. The molecule has 3 rings (SSSR count). The highest BCUT2D eigenvalue weighted by Crippen LogP contribution is 2.40. The van der Waals surface area contributed by atoms with E-state index in [0.717, 1.165) is 11.2 Å². The molecule has 8 nitrogen and oxygen atoms in total. The average Bonchev–Trinajstić information content (AvgIpc) is 3.03. The highest BCUT2D eigenvalue weighted by molar-refractivity contribution is 5.85. The first-order valence-corrected chi connectivity index (χ1v) is 6.48. The van der Waals surface area contributed by atoms with Crippen LogP contribution in [0.2, 0.25) is 0 Å². The quantitative estimate of drug-likeness (QED) is 0.745. The van der Waals surface area contributed by atoms with Crippen molar-refractivity contribution in [2.24, 2.45) is 0 Å². The Hall–Kier alpha value is -3.03. The van der Waals surface area contributed by atoms with E-state index in [4.69, 9.17) is 14.2 Å². The number of hydrogen-bond donors (Lipinski definition) is 2. The maximum absolute atomic E-state index is 5.33. The Bertz CT molecular complexity index is 777. The molecule has 22 heavy (non-hydrogen) atoms. The zero-order valence-corrected chi connectivity index (χ0v) is 12.4. The Balaban J connectivity index is 2.03. The first-order chi connectivity index (χ1) is 10.8. The Kier molecular flexibility index (Phi) is 3.65. The smallest absolute Gasteiger partial charge is 0.203 e. The second-order valence-corrected chi connectivity index (χ2v) is 4.36. The monoisotopic (exact) mass is 301 g/mol. The van der Waals surface area contributed by atoms with Gasteiger partial charge in [-0.25, -0.2) is 15.0 Å². The summed E-state index contributed by atoms with van der Waals surface area (Å²) in [5.74, 6) is 2.25. The number of anilines is 2. The lowest BCUT2D eigenvalue weighted by Crippen LogP contribution is -1.99. The maximum Gasteiger partial charge on any atom is 0.203 e. The van der Waals surface area contributed by atoms with Gasteiger partial charge in [0.25, 0.3) is 0 Å². The van der Waals surface area contributed by atoms with Gasteiger partial charge < -0.3 is 24.5 Å². The van der Waals surface area contributed by atoms with E-state index >= 15 is 0 Å². The topological polar surface area (TPSA) is 94.2 Å². The number of rotatable bonds is 5. The van der Waals surface area contributed by atoms with E-state index in [1.165, 1.54) is 6.33 Å². The fourth-order valence-corrected chi connectivity index (χ4v) is 2.15. The van der Waals surface area contributed by atoms with E-state index in [1.807, 2.05) is 0 Å². The number of ether oxygens (including phenoxy) is 3. The third kappa shape index (κ3) is 2.34. The summed E-state index contributed by atoms with van der Waals surface area (Å²) in [6.45, 7) is 0. The van der Waals surface area contributed by atoms with Crippen LogP contribution < -0.4 is 19.5 Å². The average molecular weight is 301 g/mol. The number of methoxy groups -OCH3 is 3. The molecule has 2 N–H and O–H groups in total. The van der Waals surface area contributed by atoms with Gasteiger partial charge in [-0.15, -0.1) is 0 Å². The fraction of sp³-hybridized carbons (Fsp3) is 0.214. The number of benzene rings is 1. The van der Waals surface area contributed by atoms with Gasteiger partial charge in [-0.05, 0) is 0 Å². The molecule has 2 aromatic heterocycles. The molecular formula is C14H15N5O3. The van der Waals surface area contributed by atoms with Crippen molar-refractivity contribution in [2.75, 3.05) is 26.6 Å². The summed E-state index contributed by atoms with van der Waals surface area (Å²) < 4.78 is 16.0. The number of aromatic nitrogens is 4. The first kappa shape index (κ1) is 13.9. The van der Waals surface area contributed by atoms with E-state index in [-0.39, 0.29) is 0 Å². The molecule has 114 valence electrons. The van der Waals surface area contributed by atoms with Crippen LogP contribution in [0.15, 0.2) is 24.8 Å². The number of nitrogens with one attached hydrogen (secondary N) is 2. The van der Waals surface area contributed by atoms with E-state index < -0.39 is 0 Å². The molecule has 0 aliphatic carbocycles. The lowest BCUT2D eigenvalue weighted by molar-refractivity contribution is 0.324. The van der Waals surface area contributed by atoms with Crippen LogP contribution in [-0.4, -0.2) is 41.3 Å². The van der Waals surface area contributed by atoms with Crippen molar-refractivity contribution in [3.05, 3.63) is 24.8 Å². The number of nitrogens with zero attached hydrogens (tertiary/aromatic N) is 3. The van der Waals surface area contributed by atoms with Crippen LogP contribution in [-0.2, 0) is 0 Å². The van der Waals surface area contributed by atoms with Crippen molar-refractivity contribution in [3.63, 3.8) is 0 Å². The van der Waals surface area contributed by atoms with E-state index in [9.17, 15) is 0 Å². The number of aromatic amines is 1. The minimum Gasteiger partial charge on any atom is -0.493 e. The second kappa shape index (κ2) is 5.76. The van der Waals surface area contributed by atoms with Gasteiger partial charge in [0.05, 0.1) is 27.7 Å². The predicted octanol–water partition coefficient (Wildman–Crippen LogP) is 2.12. The van der Waals surface area contributed by atoms with Gasteiger partial charge in [0, 0.05) is 17.8 Å². The normalized spacial score (nSPS) is 10.5. The standard InChI is InChI=1S/C14H15N5O3/c1-20-9-4-8(5-10(21-2)12(9)22-3)19-14-11-13(16-6-15-11)17-7-18-14/h4-7H,1-3H3,(H2,15,16,17,18,19). The summed E-state index contributed by atoms with van der Waals surface area (Å²) >= 11 is 0. The summed E-state index contributed by atoms with van der Waals surface area (Å²) in [6.07, 6.45) is 3.02. The van der Waals surface area contributed by atoms with Crippen LogP contribution in [0.1, 0.15) is 0 Å². The van der Waals surface area contributed by atoms with Gasteiger partial charge in [0.1, 0.15) is 11.8 Å². The minimum atomic E-state index is 0.532. The fourth-order valence-electron chi connectivity index (χ4n) is 2.15.